The number of carbonyl (C=O) groups is 1. The lowest BCUT2D eigenvalue weighted by Crippen LogP contribution is -2.14. The molecule has 6 heteroatoms. The molecule has 4 aromatic rings. The van der Waals surface area contributed by atoms with Crippen molar-refractivity contribution in [1.29, 1.82) is 0 Å². The van der Waals surface area contributed by atoms with Gasteiger partial charge in [0, 0.05) is 11.9 Å². The fraction of sp³-hybridized carbons (Fsp3) is 0.150. The van der Waals surface area contributed by atoms with Gasteiger partial charge in [0.2, 0.25) is 0 Å². The molecule has 1 N–H and O–H groups in total. The van der Waals surface area contributed by atoms with Crippen molar-refractivity contribution < 1.29 is 9.18 Å². The maximum absolute atomic E-state index is 13.9. The largest absolute Gasteiger partial charge is 0.304 e. The van der Waals surface area contributed by atoms with Gasteiger partial charge in [-0.05, 0) is 30.7 Å². The van der Waals surface area contributed by atoms with Crippen molar-refractivity contribution in [3.8, 4) is 0 Å². The Morgan fingerprint density at radius 2 is 1.92 bits per heavy atom. The molecule has 26 heavy (non-hydrogen) atoms. The van der Waals surface area contributed by atoms with Crippen LogP contribution in [0.3, 0.4) is 0 Å². The molecule has 2 aromatic heterocycles. The van der Waals surface area contributed by atoms with Crippen LogP contribution in [0.2, 0.25) is 0 Å². The summed E-state index contributed by atoms with van der Waals surface area (Å²) in [5.41, 5.74) is 1.55. The maximum atomic E-state index is 13.9. The minimum absolute atomic E-state index is 0.0144. The fourth-order valence-electron chi connectivity index (χ4n) is 2.98. The molecule has 4 rings (SSSR count). The molecule has 2 heterocycles. The Labute approximate surface area is 149 Å². The molecule has 2 aromatic carbocycles. The third kappa shape index (κ3) is 2.79. The number of anilines is 1. The summed E-state index contributed by atoms with van der Waals surface area (Å²) in [7, 11) is 0. The van der Waals surface area contributed by atoms with Gasteiger partial charge in [-0.2, -0.15) is 5.10 Å². The highest BCUT2D eigenvalue weighted by Gasteiger charge is 2.17. The third-order valence-corrected chi connectivity index (χ3v) is 4.21. The highest BCUT2D eigenvalue weighted by atomic mass is 19.1. The maximum Gasteiger partial charge on any atom is 0.259 e. The Kier molecular flexibility index (Phi) is 4.08. The average Bonchev–Trinajstić information content (AvgIpc) is 2.97. The van der Waals surface area contributed by atoms with Crippen LogP contribution in [-0.4, -0.2) is 20.7 Å². The highest BCUT2D eigenvalue weighted by Crippen LogP contribution is 2.26. The van der Waals surface area contributed by atoms with Gasteiger partial charge in [-0.3, -0.25) is 4.79 Å². The predicted molar refractivity (Wildman–Crippen MR) is 99.7 cm³/mol. The Morgan fingerprint density at radius 1 is 1.15 bits per heavy atom. The van der Waals surface area contributed by atoms with E-state index in [1.807, 2.05) is 37.3 Å². The lowest BCUT2D eigenvalue weighted by atomic mass is 10.1. The van der Waals surface area contributed by atoms with Crippen LogP contribution in [0.15, 0.2) is 54.6 Å². The topological polar surface area (TPSA) is 59.8 Å². The predicted octanol–water partition coefficient (Wildman–Crippen LogP) is 4.39. The molecule has 0 radical (unpaired) electrons. The van der Waals surface area contributed by atoms with E-state index in [0.717, 1.165) is 22.7 Å². The van der Waals surface area contributed by atoms with Crippen molar-refractivity contribution in [3.63, 3.8) is 0 Å². The summed E-state index contributed by atoms with van der Waals surface area (Å²) in [4.78, 5) is 17.2. The van der Waals surface area contributed by atoms with Crippen molar-refractivity contribution in [2.75, 3.05) is 5.32 Å². The summed E-state index contributed by atoms with van der Waals surface area (Å²) >= 11 is 0. The minimum atomic E-state index is -0.564. The third-order valence-electron chi connectivity index (χ3n) is 4.21. The van der Waals surface area contributed by atoms with Gasteiger partial charge in [-0.25, -0.2) is 14.1 Å². The van der Waals surface area contributed by atoms with Gasteiger partial charge in [0.1, 0.15) is 5.82 Å². The number of fused-ring (bicyclic) bond motifs is 2. The first kappa shape index (κ1) is 16.2. The van der Waals surface area contributed by atoms with Crippen LogP contribution in [0.1, 0.15) is 23.7 Å². The van der Waals surface area contributed by atoms with Crippen molar-refractivity contribution in [2.24, 2.45) is 0 Å². The molecule has 0 saturated carbocycles. The number of nitrogens with zero attached hydrogens (tertiary/aromatic N) is 3. The first-order chi connectivity index (χ1) is 12.7. The molecule has 0 saturated heterocycles. The number of aromatic nitrogens is 3. The van der Waals surface area contributed by atoms with Gasteiger partial charge in [0.05, 0.1) is 16.5 Å². The summed E-state index contributed by atoms with van der Waals surface area (Å²) in [6.45, 7) is 2.73. The zero-order valence-electron chi connectivity index (χ0n) is 14.2. The molecule has 0 atom stereocenters. The van der Waals surface area contributed by atoms with Crippen molar-refractivity contribution in [1.82, 2.24) is 14.8 Å². The lowest BCUT2D eigenvalue weighted by molar-refractivity contribution is 0.102. The molecular formula is C20H17FN4O. The molecule has 1 amide bonds. The molecule has 0 aliphatic carbocycles. The summed E-state index contributed by atoms with van der Waals surface area (Å²) < 4.78 is 15.7. The quantitative estimate of drug-likeness (QED) is 0.595. The number of para-hydroxylation sites is 1. The van der Waals surface area contributed by atoms with Crippen LogP contribution in [0.25, 0.3) is 21.9 Å². The SMILES string of the molecule is CCCn1nc(NC(=O)c2ccccc2F)c2cc3ccccc3nc21. The highest BCUT2D eigenvalue weighted by molar-refractivity contribution is 6.08. The van der Waals surface area contributed by atoms with Crippen molar-refractivity contribution in [3.05, 3.63) is 66.0 Å². The second kappa shape index (κ2) is 6.55. The molecule has 0 fully saturated rings. The van der Waals surface area contributed by atoms with Crippen LogP contribution in [-0.2, 0) is 6.54 Å². The smallest absolute Gasteiger partial charge is 0.259 e. The Morgan fingerprint density at radius 3 is 2.73 bits per heavy atom. The number of hydrogen-bond acceptors (Lipinski definition) is 3. The average molecular weight is 348 g/mol. The van der Waals surface area contributed by atoms with E-state index in [2.05, 4.69) is 15.4 Å². The number of aryl methyl sites for hydroxylation is 1. The number of amides is 1. The number of nitrogens with one attached hydrogen (secondary N) is 1. The van der Waals surface area contributed by atoms with Gasteiger partial charge in [0.15, 0.2) is 11.5 Å². The monoisotopic (exact) mass is 348 g/mol. The fourth-order valence-corrected chi connectivity index (χ4v) is 2.98. The summed E-state index contributed by atoms with van der Waals surface area (Å²) in [5, 5.41) is 8.93. The van der Waals surface area contributed by atoms with Gasteiger partial charge in [0.25, 0.3) is 5.91 Å². The molecular weight excluding hydrogens is 331 g/mol. The number of pyridine rings is 1. The van der Waals surface area contributed by atoms with E-state index in [1.54, 1.807) is 16.8 Å². The van der Waals surface area contributed by atoms with E-state index in [1.165, 1.54) is 12.1 Å². The molecule has 130 valence electrons. The zero-order valence-corrected chi connectivity index (χ0v) is 14.2. The first-order valence-corrected chi connectivity index (χ1v) is 8.49. The van der Waals surface area contributed by atoms with Crippen LogP contribution in [0.5, 0.6) is 0 Å². The first-order valence-electron chi connectivity index (χ1n) is 8.49. The van der Waals surface area contributed by atoms with Crippen LogP contribution in [0.4, 0.5) is 10.2 Å². The normalized spacial score (nSPS) is 11.2. The molecule has 5 nitrogen and oxygen atoms in total. The van der Waals surface area contributed by atoms with Crippen LogP contribution in [0, 0.1) is 5.82 Å². The number of carbonyl (C=O) groups excluding carboxylic acids is 1. The number of halogens is 1. The summed E-state index contributed by atoms with van der Waals surface area (Å²) in [6, 6.07) is 15.6. The Bertz CT molecular complexity index is 1120. The van der Waals surface area contributed by atoms with Gasteiger partial charge in [-0.1, -0.05) is 37.3 Å². The second-order valence-corrected chi connectivity index (χ2v) is 6.06. The Balaban J connectivity index is 1.82. The van der Waals surface area contributed by atoms with Crippen molar-refractivity contribution in [2.45, 2.75) is 19.9 Å². The molecule has 0 unspecified atom stereocenters. The molecule has 0 aliphatic rings. The summed E-state index contributed by atoms with van der Waals surface area (Å²) in [6.07, 6.45) is 0.881. The molecule has 0 spiro atoms. The van der Waals surface area contributed by atoms with E-state index < -0.39 is 11.7 Å². The second-order valence-electron chi connectivity index (χ2n) is 6.06. The standard InChI is InChI=1S/C20H17FN4O/c1-2-11-25-19-15(12-13-7-3-6-10-17(13)22-19)18(24-25)23-20(26)14-8-4-5-9-16(14)21/h3-10,12H,2,11H2,1H3,(H,23,24,26). The van der Waals surface area contributed by atoms with Crippen LogP contribution < -0.4 is 5.32 Å². The number of hydrogen-bond donors (Lipinski definition) is 1. The van der Waals surface area contributed by atoms with Gasteiger partial charge in [-0.15, -0.1) is 0 Å². The number of benzene rings is 2. The van der Waals surface area contributed by atoms with Crippen LogP contribution >= 0.6 is 0 Å². The zero-order chi connectivity index (χ0) is 18.1. The van der Waals surface area contributed by atoms with E-state index in [4.69, 9.17) is 0 Å². The molecule has 0 bridgehead atoms. The van der Waals surface area contributed by atoms with Gasteiger partial charge < -0.3 is 5.32 Å². The van der Waals surface area contributed by atoms with Gasteiger partial charge >= 0.3 is 0 Å². The lowest BCUT2D eigenvalue weighted by Gasteiger charge is -2.04. The molecule has 0 aliphatic heterocycles. The van der Waals surface area contributed by atoms with E-state index in [9.17, 15) is 9.18 Å². The van der Waals surface area contributed by atoms with E-state index in [-0.39, 0.29) is 5.56 Å². The van der Waals surface area contributed by atoms with E-state index in [0.29, 0.717) is 18.0 Å². The number of rotatable bonds is 4. The minimum Gasteiger partial charge on any atom is -0.304 e. The van der Waals surface area contributed by atoms with Crippen molar-refractivity contribution >= 4 is 33.7 Å². The Hall–Kier alpha value is -3.28. The summed E-state index contributed by atoms with van der Waals surface area (Å²) in [5.74, 6) is -0.704. The van der Waals surface area contributed by atoms with E-state index >= 15 is 0 Å².